The molecule has 5 N–H and O–H groups in total. The Labute approximate surface area is 84.0 Å². The van der Waals surface area contributed by atoms with Crippen molar-refractivity contribution in [2.75, 3.05) is 6.54 Å². The van der Waals surface area contributed by atoms with Crippen molar-refractivity contribution in [3.8, 4) is 0 Å². The van der Waals surface area contributed by atoms with Crippen molar-refractivity contribution in [1.82, 2.24) is 5.32 Å². The second kappa shape index (κ2) is 5.17. The number of amidine groups is 1. The number of rotatable bonds is 5. The maximum Gasteiger partial charge on any atom is 0.156 e. The average molecular weight is 201 g/mol. The van der Waals surface area contributed by atoms with Crippen molar-refractivity contribution in [2.45, 2.75) is 38.3 Å². The van der Waals surface area contributed by atoms with Crippen LogP contribution in [0.5, 0.6) is 0 Å². The molecule has 1 aliphatic carbocycles. The molecule has 1 atom stereocenters. The first-order valence-electron chi connectivity index (χ1n) is 5.06. The molecule has 1 saturated carbocycles. The molecule has 0 aromatic heterocycles. The van der Waals surface area contributed by atoms with Crippen LogP contribution in [0.25, 0.3) is 0 Å². The highest BCUT2D eigenvalue weighted by atomic mass is 16.4. The summed E-state index contributed by atoms with van der Waals surface area (Å²) in [5.41, 5.74) is 5.49. The summed E-state index contributed by atoms with van der Waals surface area (Å²) in [4.78, 5) is 0. The fourth-order valence-electron chi connectivity index (χ4n) is 1.70. The van der Waals surface area contributed by atoms with Gasteiger partial charge in [0, 0.05) is 0 Å². The van der Waals surface area contributed by atoms with E-state index in [9.17, 15) is 0 Å². The van der Waals surface area contributed by atoms with Gasteiger partial charge in [0.2, 0.25) is 0 Å². The minimum atomic E-state index is -0.120. The highest BCUT2D eigenvalue weighted by Gasteiger charge is 2.27. The van der Waals surface area contributed by atoms with E-state index in [4.69, 9.17) is 16.0 Å². The molecule has 5 nitrogen and oxygen atoms in total. The number of oxime groups is 1. The lowest BCUT2D eigenvalue weighted by atomic mass is 9.82. The van der Waals surface area contributed by atoms with Gasteiger partial charge in [-0.05, 0) is 31.7 Å². The second-order valence-corrected chi connectivity index (χ2v) is 3.89. The van der Waals surface area contributed by atoms with Crippen molar-refractivity contribution in [1.29, 1.82) is 0 Å². The molecule has 0 saturated heterocycles. The van der Waals surface area contributed by atoms with Gasteiger partial charge in [0.1, 0.15) is 0 Å². The summed E-state index contributed by atoms with van der Waals surface area (Å²) in [6, 6.07) is -0.0576. The molecular formula is C9H19N3O2. The van der Waals surface area contributed by atoms with E-state index in [0.717, 1.165) is 25.8 Å². The van der Waals surface area contributed by atoms with Crippen LogP contribution >= 0.6 is 0 Å². The third kappa shape index (κ3) is 2.85. The Kier molecular flexibility index (Phi) is 4.16. The van der Waals surface area contributed by atoms with Gasteiger partial charge in [-0.3, -0.25) is 0 Å². The minimum Gasteiger partial charge on any atom is -0.409 e. The summed E-state index contributed by atoms with van der Waals surface area (Å²) >= 11 is 0. The Morgan fingerprint density at radius 1 is 1.64 bits per heavy atom. The zero-order chi connectivity index (χ0) is 10.6. The Hall–Kier alpha value is -0.810. The van der Waals surface area contributed by atoms with Gasteiger partial charge in [-0.15, -0.1) is 0 Å². The number of nitrogens with zero attached hydrogens (tertiary/aromatic N) is 1. The van der Waals surface area contributed by atoms with Crippen LogP contribution in [0, 0.1) is 5.92 Å². The SMILES string of the molecule is CCC(NCC1CC(O)C1)C(N)=NO. The van der Waals surface area contributed by atoms with Crippen molar-refractivity contribution < 1.29 is 10.3 Å². The summed E-state index contributed by atoms with van der Waals surface area (Å²) in [6.45, 7) is 2.80. The van der Waals surface area contributed by atoms with Crippen LogP contribution in [0.1, 0.15) is 26.2 Å². The number of nitrogens with one attached hydrogen (secondary N) is 1. The lowest BCUT2D eigenvalue weighted by Crippen LogP contribution is -2.45. The molecule has 0 aromatic carbocycles. The smallest absolute Gasteiger partial charge is 0.156 e. The van der Waals surface area contributed by atoms with Gasteiger partial charge in [0.25, 0.3) is 0 Å². The molecule has 0 aromatic rings. The summed E-state index contributed by atoms with van der Waals surface area (Å²) in [7, 11) is 0. The van der Waals surface area contributed by atoms with Crippen LogP contribution in [-0.4, -0.2) is 34.8 Å². The summed E-state index contributed by atoms with van der Waals surface area (Å²) in [5, 5.41) is 23.8. The Morgan fingerprint density at radius 2 is 2.29 bits per heavy atom. The van der Waals surface area contributed by atoms with Crippen molar-refractivity contribution in [3.63, 3.8) is 0 Å². The van der Waals surface area contributed by atoms with E-state index in [1.165, 1.54) is 0 Å². The van der Waals surface area contributed by atoms with E-state index in [0.29, 0.717) is 5.92 Å². The third-order valence-corrected chi connectivity index (χ3v) is 2.74. The van der Waals surface area contributed by atoms with Crippen LogP contribution in [0.15, 0.2) is 5.16 Å². The summed E-state index contributed by atoms with van der Waals surface area (Å²) in [6.07, 6.45) is 2.40. The van der Waals surface area contributed by atoms with Crippen LogP contribution in [0.2, 0.25) is 0 Å². The van der Waals surface area contributed by atoms with Crippen LogP contribution in [0.3, 0.4) is 0 Å². The number of aliphatic hydroxyl groups excluding tert-OH is 1. The predicted molar refractivity (Wildman–Crippen MR) is 54.2 cm³/mol. The Bertz CT molecular complexity index is 202. The molecule has 0 heterocycles. The van der Waals surface area contributed by atoms with Gasteiger partial charge in [0.05, 0.1) is 12.1 Å². The molecule has 1 fully saturated rings. The van der Waals surface area contributed by atoms with E-state index >= 15 is 0 Å². The minimum absolute atomic E-state index is 0.0576. The quantitative estimate of drug-likeness (QED) is 0.216. The number of nitrogens with two attached hydrogens (primary N) is 1. The molecular weight excluding hydrogens is 182 g/mol. The van der Waals surface area contributed by atoms with Crippen molar-refractivity contribution in [2.24, 2.45) is 16.8 Å². The van der Waals surface area contributed by atoms with Crippen molar-refractivity contribution in [3.05, 3.63) is 0 Å². The first-order chi connectivity index (χ1) is 6.67. The van der Waals surface area contributed by atoms with E-state index in [2.05, 4.69) is 10.5 Å². The van der Waals surface area contributed by atoms with Gasteiger partial charge in [-0.2, -0.15) is 0 Å². The fraction of sp³-hybridized carbons (Fsp3) is 0.889. The van der Waals surface area contributed by atoms with Gasteiger partial charge in [0.15, 0.2) is 5.84 Å². The predicted octanol–water partition coefficient (Wildman–Crippen LogP) is -0.128. The second-order valence-electron chi connectivity index (χ2n) is 3.89. The fourth-order valence-corrected chi connectivity index (χ4v) is 1.70. The molecule has 14 heavy (non-hydrogen) atoms. The number of hydrogen-bond donors (Lipinski definition) is 4. The topological polar surface area (TPSA) is 90.9 Å². The molecule has 0 spiro atoms. The van der Waals surface area contributed by atoms with E-state index in [-0.39, 0.29) is 18.0 Å². The summed E-state index contributed by atoms with van der Waals surface area (Å²) in [5.74, 6) is 0.762. The van der Waals surface area contributed by atoms with Gasteiger partial charge >= 0.3 is 0 Å². The molecule has 1 unspecified atom stereocenters. The van der Waals surface area contributed by atoms with Crippen LogP contribution in [0.4, 0.5) is 0 Å². The van der Waals surface area contributed by atoms with Crippen molar-refractivity contribution >= 4 is 5.84 Å². The molecule has 0 aliphatic heterocycles. The Balaban J connectivity index is 2.21. The molecule has 0 amide bonds. The third-order valence-electron chi connectivity index (χ3n) is 2.74. The normalized spacial score (nSPS) is 29.7. The molecule has 0 radical (unpaired) electrons. The largest absolute Gasteiger partial charge is 0.409 e. The van der Waals surface area contributed by atoms with Gasteiger partial charge in [-0.25, -0.2) is 0 Å². The highest BCUT2D eigenvalue weighted by molar-refractivity contribution is 5.85. The first kappa shape index (κ1) is 11.3. The van der Waals surface area contributed by atoms with Crippen LogP contribution < -0.4 is 11.1 Å². The maximum absolute atomic E-state index is 9.08. The van der Waals surface area contributed by atoms with E-state index in [1.807, 2.05) is 6.92 Å². The van der Waals surface area contributed by atoms with E-state index in [1.54, 1.807) is 0 Å². The standard InChI is InChI=1S/C9H19N3O2/c1-2-8(9(10)12-14)11-5-6-3-7(13)4-6/h6-8,11,13-14H,2-5H2,1H3,(H2,10,12). The lowest BCUT2D eigenvalue weighted by molar-refractivity contribution is 0.0425. The lowest BCUT2D eigenvalue weighted by Gasteiger charge is -2.32. The monoisotopic (exact) mass is 201 g/mol. The molecule has 1 rings (SSSR count). The molecule has 5 heteroatoms. The maximum atomic E-state index is 9.08. The Morgan fingerprint density at radius 3 is 2.71 bits per heavy atom. The zero-order valence-electron chi connectivity index (χ0n) is 8.48. The van der Waals surface area contributed by atoms with Gasteiger partial charge < -0.3 is 21.4 Å². The molecule has 0 bridgehead atoms. The summed E-state index contributed by atoms with van der Waals surface area (Å²) < 4.78 is 0. The molecule has 82 valence electrons. The van der Waals surface area contributed by atoms with Crippen LogP contribution in [-0.2, 0) is 0 Å². The number of aliphatic hydroxyl groups is 1. The van der Waals surface area contributed by atoms with Gasteiger partial charge in [-0.1, -0.05) is 12.1 Å². The number of hydrogen-bond acceptors (Lipinski definition) is 4. The zero-order valence-corrected chi connectivity index (χ0v) is 8.48. The average Bonchev–Trinajstić information content (AvgIpc) is 2.15. The highest BCUT2D eigenvalue weighted by Crippen LogP contribution is 2.26. The first-order valence-corrected chi connectivity index (χ1v) is 5.06. The molecule has 1 aliphatic rings. The van der Waals surface area contributed by atoms with E-state index < -0.39 is 0 Å².